The molecule has 0 unspecified atom stereocenters. The second-order valence-electron chi connectivity index (χ2n) is 4.39. The maximum Gasteiger partial charge on any atom is 0.221 e. The molecule has 1 aromatic rings. The van der Waals surface area contributed by atoms with E-state index in [9.17, 15) is 4.79 Å². The van der Waals surface area contributed by atoms with E-state index in [0.29, 0.717) is 0 Å². The summed E-state index contributed by atoms with van der Waals surface area (Å²) in [5.74, 6) is -0.0748. The molecule has 96 valence electrons. The number of carbonyl (C=O) groups is 1. The van der Waals surface area contributed by atoms with Gasteiger partial charge in [0.15, 0.2) is 5.11 Å². The van der Waals surface area contributed by atoms with Crippen LogP contribution in [0.25, 0.3) is 0 Å². The number of amides is 1. The number of likely N-dealkylation sites (tertiary alicyclic amines) is 1. The number of carbonyl (C=O) groups excluding carboxylic acids is 1. The summed E-state index contributed by atoms with van der Waals surface area (Å²) in [6, 6.07) is 7.56. The van der Waals surface area contributed by atoms with Crippen molar-refractivity contribution in [3.8, 4) is 0 Å². The molecular weight excluding hydrogens is 246 g/mol. The highest BCUT2D eigenvalue weighted by Crippen LogP contribution is 2.17. The number of benzene rings is 1. The summed E-state index contributed by atoms with van der Waals surface area (Å²) in [7, 11) is 0. The average molecular weight is 263 g/mol. The molecule has 1 aliphatic heterocycles. The molecule has 0 radical (unpaired) electrons. The largest absolute Gasteiger partial charge is 0.349 e. The standard InChI is InChI=1S/C13H17N3OS/c1-10(17)14-11-5-4-6-12(9-11)15-13(18)16-7-2-3-8-16/h4-6,9H,2-3,7-8H2,1H3,(H,14,17)(H,15,18). The Morgan fingerprint density at radius 2 is 1.83 bits per heavy atom. The Hall–Kier alpha value is -1.62. The Balaban J connectivity index is 2.00. The van der Waals surface area contributed by atoms with Crippen molar-refractivity contribution in [2.45, 2.75) is 19.8 Å². The highest BCUT2D eigenvalue weighted by atomic mass is 32.1. The summed E-state index contributed by atoms with van der Waals surface area (Å²) in [6.45, 7) is 3.55. The van der Waals surface area contributed by atoms with Crippen molar-refractivity contribution in [2.75, 3.05) is 23.7 Å². The van der Waals surface area contributed by atoms with E-state index in [2.05, 4.69) is 15.5 Å². The molecule has 0 aliphatic carbocycles. The minimum Gasteiger partial charge on any atom is -0.349 e. The van der Waals surface area contributed by atoms with Gasteiger partial charge in [0.25, 0.3) is 0 Å². The monoisotopic (exact) mass is 263 g/mol. The molecule has 0 aromatic heterocycles. The smallest absolute Gasteiger partial charge is 0.221 e. The van der Waals surface area contributed by atoms with Crippen LogP contribution >= 0.6 is 12.2 Å². The van der Waals surface area contributed by atoms with Crippen LogP contribution in [0.15, 0.2) is 24.3 Å². The van der Waals surface area contributed by atoms with Gasteiger partial charge in [0.2, 0.25) is 5.91 Å². The van der Waals surface area contributed by atoms with Crippen LogP contribution in [-0.4, -0.2) is 29.0 Å². The fraction of sp³-hybridized carbons (Fsp3) is 0.385. The summed E-state index contributed by atoms with van der Waals surface area (Å²) < 4.78 is 0. The molecule has 1 aromatic carbocycles. The molecule has 18 heavy (non-hydrogen) atoms. The SMILES string of the molecule is CC(=O)Nc1cccc(NC(=S)N2CCCC2)c1. The molecule has 4 nitrogen and oxygen atoms in total. The molecule has 1 saturated heterocycles. The van der Waals surface area contributed by atoms with Crippen LogP contribution in [0.4, 0.5) is 11.4 Å². The lowest BCUT2D eigenvalue weighted by atomic mass is 10.3. The first-order valence-corrected chi connectivity index (χ1v) is 6.49. The van der Waals surface area contributed by atoms with Gasteiger partial charge in [0, 0.05) is 31.4 Å². The van der Waals surface area contributed by atoms with Crippen LogP contribution in [-0.2, 0) is 4.79 Å². The molecule has 1 amide bonds. The average Bonchev–Trinajstić information content (AvgIpc) is 2.81. The normalized spacial score (nSPS) is 14.4. The van der Waals surface area contributed by atoms with E-state index in [4.69, 9.17) is 12.2 Å². The minimum atomic E-state index is -0.0748. The van der Waals surface area contributed by atoms with E-state index in [-0.39, 0.29) is 5.91 Å². The van der Waals surface area contributed by atoms with E-state index in [0.717, 1.165) is 29.6 Å². The number of nitrogens with zero attached hydrogens (tertiary/aromatic N) is 1. The molecule has 2 N–H and O–H groups in total. The molecule has 1 heterocycles. The lowest BCUT2D eigenvalue weighted by molar-refractivity contribution is -0.114. The number of thiocarbonyl (C=S) groups is 1. The number of hydrogen-bond acceptors (Lipinski definition) is 2. The Morgan fingerprint density at radius 1 is 1.22 bits per heavy atom. The van der Waals surface area contributed by atoms with Crippen molar-refractivity contribution in [2.24, 2.45) is 0 Å². The summed E-state index contributed by atoms with van der Waals surface area (Å²) >= 11 is 5.35. The minimum absolute atomic E-state index is 0.0748. The van der Waals surface area contributed by atoms with Gasteiger partial charge < -0.3 is 15.5 Å². The van der Waals surface area contributed by atoms with Gasteiger partial charge >= 0.3 is 0 Å². The fourth-order valence-electron chi connectivity index (χ4n) is 2.00. The molecule has 0 atom stereocenters. The van der Waals surface area contributed by atoms with Gasteiger partial charge in [-0.15, -0.1) is 0 Å². The van der Waals surface area contributed by atoms with Crippen molar-refractivity contribution < 1.29 is 4.79 Å². The molecule has 0 saturated carbocycles. The number of hydrogen-bond donors (Lipinski definition) is 2. The highest BCUT2D eigenvalue weighted by Gasteiger charge is 2.14. The van der Waals surface area contributed by atoms with Crippen LogP contribution in [0.1, 0.15) is 19.8 Å². The Kier molecular flexibility index (Phi) is 4.15. The lowest BCUT2D eigenvalue weighted by Crippen LogP contribution is -2.31. The first-order chi connectivity index (χ1) is 8.65. The number of nitrogens with one attached hydrogen (secondary N) is 2. The predicted octanol–water partition coefficient (Wildman–Crippen LogP) is 2.44. The van der Waals surface area contributed by atoms with E-state index in [1.165, 1.54) is 19.8 Å². The molecule has 1 aliphatic rings. The van der Waals surface area contributed by atoms with Gasteiger partial charge in [-0.3, -0.25) is 4.79 Å². The third-order valence-corrected chi connectivity index (χ3v) is 3.19. The zero-order chi connectivity index (χ0) is 13.0. The topological polar surface area (TPSA) is 44.4 Å². The summed E-state index contributed by atoms with van der Waals surface area (Å²) in [5, 5.41) is 6.71. The van der Waals surface area contributed by atoms with Crippen LogP contribution in [0.2, 0.25) is 0 Å². The van der Waals surface area contributed by atoms with Crippen molar-refractivity contribution in [1.29, 1.82) is 0 Å². The lowest BCUT2D eigenvalue weighted by Gasteiger charge is -2.19. The molecule has 0 bridgehead atoms. The van der Waals surface area contributed by atoms with Gasteiger partial charge in [0.1, 0.15) is 0 Å². The number of rotatable bonds is 2. The molecular formula is C13H17N3OS. The van der Waals surface area contributed by atoms with Crippen LogP contribution < -0.4 is 10.6 Å². The van der Waals surface area contributed by atoms with Crippen LogP contribution in [0.3, 0.4) is 0 Å². The van der Waals surface area contributed by atoms with E-state index in [1.54, 1.807) is 0 Å². The Labute approximate surface area is 112 Å². The second kappa shape index (κ2) is 5.82. The predicted molar refractivity (Wildman–Crippen MR) is 77.8 cm³/mol. The Morgan fingerprint density at radius 3 is 2.44 bits per heavy atom. The molecule has 5 heteroatoms. The van der Waals surface area contributed by atoms with Crippen LogP contribution in [0.5, 0.6) is 0 Å². The zero-order valence-electron chi connectivity index (χ0n) is 10.4. The first-order valence-electron chi connectivity index (χ1n) is 6.09. The highest BCUT2D eigenvalue weighted by molar-refractivity contribution is 7.80. The van der Waals surface area contributed by atoms with Gasteiger partial charge in [-0.2, -0.15) is 0 Å². The van der Waals surface area contributed by atoms with Crippen molar-refractivity contribution in [3.63, 3.8) is 0 Å². The third-order valence-electron chi connectivity index (χ3n) is 2.83. The van der Waals surface area contributed by atoms with E-state index < -0.39 is 0 Å². The maximum atomic E-state index is 11.0. The second-order valence-corrected chi connectivity index (χ2v) is 4.77. The van der Waals surface area contributed by atoms with Gasteiger partial charge in [-0.1, -0.05) is 6.07 Å². The fourth-order valence-corrected chi connectivity index (χ4v) is 2.30. The molecule has 2 rings (SSSR count). The van der Waals surface area contributed by atoms with Crippen molar-refractivity contribution in [1.82, 2.24) is 4.90 Å². The third kappa shape index (κ3) is 3.43. The molecule has 1 fully saturated rings. The number of anilines is 2. The maximum absolute atomic E-state index is 11.0. The van der Waals surface area contributed by atoms with E-state index in [1.807, 2.05) is 24.3 Å². The Bertz CT molecular complexity index is 455. The quantitative estimate of drug-likeness (QED) is 0.804. The van der Waals surface area contributed by atoms with Gasteiger partial charge in [-0.05, 0) is 43.3 Å². The summed E-state index contributed by atoms with van der Waals surface area (Å²) in [4.78, 5) is 13.2. The van der Waals surface area contributed by atoms with Gasteiger partial charge in [0.05, 0.1) is 0 Å². The summed E-state index contributed by atoms with van der Waals surface area (Å²) in [6.07, 6.45) is 2.40. The van der Waals surface area contributed by atoms with Crippen molar-refractivity contribution in [3.05, 3.63) is 24.3 Å². The molecule has 0 spiro atoms. The first kappa shape index (κ1) is 12.8. The van der Waals surface area contributed by atoms with Crippen LogP contribution in [0, 0.1) is 0 Å². The van der Waals surface area contributed by atoms with Gasteiger partial charge in [-0.25, -0.2) is 0 Å². The summed E-state index contributed by atoms with van der Waals surface area (Å²) in [5.41, 5.74) is 1.68. The zero-order valence-corrected chi connectivity index (χ0v) is 11.2. The van der Waals surface area contributed by atoms with Crippen molar-refractivity contribution >= 4 is 34.6 Å². The van der Waals surface area contributed by atoms with E-state index >= 15 is 0 Å².